The largest absolute Gasteiger partial charge is 0.497 e. The van der Waals surface area contributed by atoms with Crippen molar-refractivity contribution in [2.45, 2.75) is 19.8 Å². The molecule has 128 valence electrons. The van der Waals surface area contributed by atoms with Crippen molar-refractivity contribution < 1.29 is 14.3 Å². The molecule has 2 rings (SSSR count). The number of methoxy groups -OCH3 is 2. The summed E-state index contributed by atoms with van der Waals surface area (Å²) in [6, 6.07) is 13.5. The Hall–Kier alpha value is -2.69. The number of aryl methyl sites for hydroxylation is 1. The molecular weight excluding hydrogens is 304 g/mol. The minimum absolute atomic E-state index is 0.0730. The van der Waals surface area contributed by atoms with Gasteiger partial charge in [0, 0.05) is 24.7 Å². The number of nitrogens with one attached hydrogen (secondary N) is 2. The van der Waals surface area contributed by atoms with E-state index in [-0.39, 0.29) is 5.91 Å². The molecule has 5 heteroatoms. The molecule has 0 aliphatic heterocycles. The highest BCUT2D eigenvalue weighted by Crippen LogP contribution is 2.29. The molecule has 0 atom stereocenters. The maximum Gasteiger partial charge on any atom is 0.226 e. The minimum Gasteiger partial charge on any atom is -0.497 e. The Morgan fingerprint density at radius 1 is 1.04 bits per heavy atom. The molecule has 0 heterocycles. The van der Waals surface area contributed by atoms with Crippen LogP contribution in [0.5, 0.6) is 11.5 Å². The van der Waals surface area contributed by atoms with Gasteiger partial charge in [0.05, 0.1) is 19.9 Å². The van der Waals surface area contributed by atoms with E-state index in [0.29, 0.717) is 30.2 Å². The lowest BCUT2D eigenvalue weighted by Crippen LogP contribution is -2.16. The Labute approximate surface area is 143 Å². The van der Waals surface area contributed by atoms with E-state index in [1.54, 1.807) is 32.4 Å². The van der Waals surface area contributed by atoms with Gasteiger partial charge in [0.1, 0.15) is 11.5 Å². The van der Waals surface area contributed by atoms with Crippen molar-refractivity contribution in [3.8, 4) is 11.5 Å². The van der Waals surface area contributed by atoms with Crippen LogP contribution in [0.4, 0.5) is 11.4 Å². The standard InChI is InChI=1S/C19H24N2O3/c1-4-14-5-7-15(8-6-14)20-12-11-19(22)21-17-10-9-16(23-2)13-18(17)24-3/h5-10,13,20H,4,11-12H2,1-3H3,(H,21,22). The average Bonchev–Trinajstić information content (AvgIpc) is 2.62. The highest BCUT2D eigenvalue weighted by Gasteiger charge is 2.08. The monoisotopic (exact) mass is 328 g/mol. The van der Waals surface area contributed by atoms with E-state index in [1.165, 1.54) is 5.56 Å². The number of hydrogen-bond acceptors (Lipinski definition) is 4. The van der Waals surface area contributed by atoms with Gasteiger partial charge in [0.2, 0.25) is 5.91 Å². The first-order chi connectivity index (χ1) is 11.7. The van der Waals surface area contributed by atoms with Crippen molar-refractivity contribution in [3.05, 3.63) is 48.0 Å². The number of benzene rings is 2. The van der Waals surface area contributed by atoms with Gasteiger partial charge < -0.3 is 20.1 Å². The fourth-order valence-corrected chi connectivity index (χ4v) is 2.29. The zero-order valence-corrected chi connectivity index (χ0v) is 14.4. The van der Waals surface area contributed by atoms with E-state index in [9.17, 15) is 4.79 Å². The van der Waals surface area contributed by atoms with Crippen molar-refractivity contribution in [3.63, 3.8) is 0 Å². The molecule has 0 spiro atoms. The second kappa shape index (κ2) is 8.82. The third-order valence-electron chi connectivity index (χ3n) is 3.73. The Balaban J connectivity index is 1.84. The van der Waals surface area contributed by atoms with E-state index >= 15 is 0 Å². The van der Waals surface area contributed by atoms with Crippen LogP contribution >= 0.6 is 0 Å². The van der Waals surface area contributed by atoms with Crippen molar-refractivity contribution >= 4 is 17.3 Å². The first-order valence-corrected chi connectivity index (χ1v) is 8.01. The predicted molar refractivity (Wildman–Crippen MR) is 97.1 cm³/mol. The first kappa shape index (κ1) is 17.7. The van der Waals surface area contributed by atoms with Crippen molar-refractivity contribution in [2.24, 2.45) is 0 Å². The predicted octanol–water partition coefficient (Wildman–Crippen LogP) is 3.71. The summed E-state index contributed by atoms with van der Waals surface area (Å²) in [6.07, 6.45) is 1.39. The van der Waals surface area contributed by atoms with Crippen molar-refractivity contribution in [1.82, 2.24) is 0 Å². The number of amides is 1. The van der Waals surface area contributed by atoms with Crippen LogP contribution in [0.3, 0.4) is 0 Å². The highest BCUT2D eigenvalue weighted by atomic mass is 16.5. The molecule has 5 nitrogen and oxygen atoms in total. The lowest BCUT2D eigenvalue weighted by molar-refractivity contribution is -0.116. The molecule has 0 radical (unpaired) electrons. The summed E-state index contributed by atoms with van der Waals surface area (Å²) in [5.41, 5.74) is 2.95. The molecule has 0 unspecified atom stereocenters. The summed E-state index contributed by atoms with van der Waals surface area (Å²) in [5.74, 6) is 1.18. The number of ether oxygens (including phenoxy) is 2. The fraction of sp³-hybridized carbons (Fsp3) is 0.316. The highest BCUT2D eigenvalue weighted by molar-refractivity contribution is 5.92. The molecule has 0 saturated carbocycles. The van der Waals surface area contributed by atoms with Gasteiger partial charge in [-0.1, -0.05) is 19.1 Å². The molecule has 0 aliphatic carbocycles. The van der Waals surface area contributed by atoms with Gasteiger partial charge in [-0.05, 0) is 36.2 Å². The Kier molecular flexibility index (Phi) is 6.49. The molecule has 2 aromatic rings. The second-order valence-electron chi connectivity index (χ2n) is 5.34. The smallest absolute Gasteiger partial charge is 0.226 e. The maximum atomic E-state index is 12.1. The molecule has 0 aromatic heterocycles. The van der Waals surface area contributed by atoms with Crippen molar-refractivity contribution in [1.29, 1.82) is 0 Å². The fourth-order valence-electron chi connectivity index (χ4n) is 2.29. The molecule has 2 N–H and O–H groups in total. The van der Waals surface area contributed by atoms with Crippen LogP contribution in [0.1, 0.15) is 18.9 Å². The molecule has 0 saturated heterocycles. The number of carbonyl (C=O) groups is 1. The molecule has 1 amide bonds. The third kappa shape index (κ3) is 4.91. The summed E-state index contributed by atoms with van der Waals surface area (Å²) < 4.78 is 10.4. The zero-order valence-electron chi connectivity index (χ0n) is 14.4. The lowest BCUT2D eigenvalue weighted by Gasteiger charge is -2.12. The number of rotatable bonds is 8. The number of hydrogen-bond donors (Lipinski definition) is 2. The summed E-state index contributed by atoms with van der Waals surface area (Å²) in [5, 5.41) is 6.11. The van der Waals surface area contributed by atoms with Gasteiger partial charge in [0.15, 0.2) is 0 Å². The van der Waals surface area contributed by atoms with Gasteiger partial charge in [-0.15, -0.1) is 0 Å². The topological polar surface area (TPSA) is 59.6 Å². The van der Waals surface area contributed by atoms with Crippen LogP contribution in [-0.2, 0) is 11.2 Å². The van der Waals surface area contributed by atoms with E-state index in [2.05, 4.69) is 29.7 Å². The van der Waals surface area contributed by atoms with Gasteiger partial charge in [0.25, 0.3) is 0 Å². The molecule has 2 aromatic carbocycles. The molecule has 0 aliphatic rings. The Bertz CT molecular complexity index is 669. The first-order valence-electron chi connectivity index (χ1n) is 8.01. The van der Waals surface area contributed by atoms with Crippen LogP contribution in [-0.4, -0.2) is 26.7 Å². The zero-order chi connectivity index (χ0) is 17.4. The van der Waals surface area contributed by atoms with Gasteiger partial charge >= 0.3 is 0 Å². The van der Waals surface area contributed by atoms with Crippen LogP contribution in [0, 0.1) is 0 Å². The lowest BCUT2D eigenvalue weighted by atomic mass is 10.1. The van der Waals surface area contributed by atoms with Crippen LogP contribution < -0.4 is 20.1 Å². The second-order valence-corrected chi connectivity index (χ2v) is 5.34. The maximum absolute atomic E-state index is 12.1. The van der Waals surface area contributed by atoms with Crippen LogP contribution in [0.2, 0.25) is 0 Å². The summed E-state index contributed by atoms with van der Waals surface area (Å²) >= 11 is 0. The number of anilines is 2. The van der Waals surface area contributed by atoms with E-state index in [1.807, 2.05) is 12.1 Å². The third-order valence-corrected chi connectivity index (χ3v) is 3.73. The molecule has 0 bridgehead atoms. The Morgan fingerprint density at radius 3 is 2.42 bits per heavy atom. The summed E-state index contributed by atoms with van der Waals surface area (Å²) in [6.45, 7) is 2.69. The van der Waals surface area contributed by atoms with Gasteiger partial charge in [-0.2, -0.15) is 0 Å². The van der Waals surface area contributed by atoms with Gasteiger partial charge in [-0.25, -0.2) is 0 Å². The van der Waals surface area contributed by atoms with Crippen molar-refractivity contribution in [2.75, 3.05) is 31.4 Å². The molecular formula is C19H24N2O3. The number of carbonyl (C=O) groups excluding carboxylic acids is 1. The van der Waals surface area contributed by atoms with E-state index in [4.69, 9.17) is 9.47 Å². The Morgan fingerprint density at radius 2 is 1.79 bits per heavy atom. The van der Waals surface area contributed by atoms with Crippen LogP contribution in [0.15, 0.2) is 42.5 Å². The van der Waals surface area contributed by atoms with Crippen LogP contribution in [0.25, 0.3) is 0 Å². The summed E-state index contributed by atoms with van der Waals surface area (Å²) in [4.78, 5) is 12.1. The van der Waals surface area contributed by atoms with E-state index in [0.717, 1.165) is 12.1 Å². The minimum atomic E-state index is -0.0730. The normalized spacial score (nSPS) is 10.1. The average molecular weight is 328 g/mol. The van der Waals surface area contributed by atoms with E-state index < -0.39 is 0 Å². The van der Waals surface area contributed by atoms with Gasteiger partial charge in [-0.3, -0.25) is 4.79 Å². The quantitative estimate of drug-likeness (QED) is 0.775. The summed E-state index contributed by atoms with van der Waals surface area (Å²) in [7, 11) is 3.15. The molecule has 0 fully saturated rings. The molecule has 24 heavy (non-hydrogen) atoms. The SMILES string of the molecule is CCc1ccc(NCCC(=O)Nc2ccc(OC)cc2OC)cc1.